The second kappa shape index (κ2) is 6.63. The molecule has 5 heteroatoms. The lowest BCUT2D eigenvalue weighted by atomic mass is 10.1. The minimum Gasteiger partial charge on any atom is -0.388 e. The van der Waals surface area contributed by atoms with Gasteiger partial charge in [0, 0.05) is 5.38 Å². The molecule has 106 valence electrons. The fourth-order valence-corrected chi connectivity index (χ4v) is 2.64. The SMILES string of the molecule is CC(C)c1csc(NC(=O)CC(O)c2ccccc2)n1. The molecule has 0 aliphatic heterocycles. The maximum absolute atomic E-state index is 11.9. The molecule has 4 nitrogen and oxygen atoms in total. The predicted octanol–water partition coefficient (Wildman–Crippen LogP) is 3.33. The Morgan fingerprint density at radius 3 is 2.65 bits per heavy atom. The lowest BCUT2D eigenvalue weighted by Gasteiger charge is -2.10. The molecule has 20 heavy (non-hydrogen) atoms. The van der Waals surface area contributed by atoms with Gasteiger partial charge in [-0.1, -0.05) is 44.2 Å². The minimum atomic E-state index is -0.791. The number of nitrogens with one attached hydrogen (secondary N) is 1. The Bertz CT molecular complexity index is 566. The third-order valence-corrected chi connectivity index (χ3v) is 3.70. The summed E-state index contributed by atoms with van der Waals surface area (Å²) in [5.74, 6) is 0.109. The Hall–Kier alpha value is -1.72. The van der Waals surface area contributed by atoms with Gasteiger partial charge in [0.05, 0.1) is 18.2 Å². The first kappa shape index (κ1) is 14.7. The van der Waals surface area contributed by atoms with Crippen LogP contribution in [-0.4, -0.2) is 16.0 Å². The van der Waals surface area contributed by atoms with Crippen LogP contribution >= 0.6 is 11.3 Å². The fraction of sp³-hybridized carbons (Fsp3) is 0.333. The molecule has 0 saturated carbocycles. The quantitative estimate of drug-likeness (QED) is 0.888. The summed E-state index contributed by atoms with van der Waals surface area (Å²) in [6.07, 6.45) is -0.763. The van der Waals surface area contributed by atoms with Crippen molar-refractivity contribution in [3.8, 4) is 0 Å². The molecule has 0 bridgehead atoms. The molecule has 0 radical (unpaired) electrons. The molecule has 2 N–H and O–H groups in total. The zero-order chi connectivity index (χ0) is 14.5. The number of hydrogen-bond donors (Lipinski definition) is 2. The van der Waals surface area contributed by atoms with E-state index in [2.05, 4.69) is 24.1 Å². The molecular weight excluding hydrogens is 272 g/mol. The second-order valence-electron chi connectivity index (χ2n) is 4.91. The molecule has 0 saturated heterocycles. The number of aliphatic hydroxyl groups is 1. The van der Waals surface area contributed by atoms with E-state index in [9.17, 15) is 9.90 Å². The summed E-state index contributed by atoms with van der Waals surface area (Å²) < 4.78 is 0. The number of anilines is 1. The number of carbonyl (C=O) groups is 1. The summed E-state index contributed by atoms with van der Waals surface area (Å²) in [6, 6.07) is 9.16. The summed E-state index contributed by atoms with van der Waals surface area (Å²) >= 11 is 1.40. The molecule has 0 spiro atoms. The molecule has 1 heterocycles. The molecule has 2 rings (SSSR count). The topological polar surface area (TPSA) is 62.2 Å². The van der Waals surface area contributed by atoms with Gasteiger partial charge < -0.3 is 10.4 Å². The largest absolute Gasteiger partial charge is 0.388 e. The van der Waals surface area contributed by atoms with E-state index in [-0.39, 0.29) is 12.3 Å². The molecule has 0 aliphatic carbocycles. The third-order valence-electron chi connectivity index (χ3n) is 2.92. The van der Waals surface area contributed by atoms with Crippen LogP contribution in [0.5, 0.6) is 0 Å². The van der Waals surface area contributed by atoms with E-state index in [1.165, 1.54) is 11.3 Å². The number of carbonyl (C=O) groups excluding carboxylic acids is 1. The summed E-state index contributed by atoms with van der Waals surface area (Å²) in [5, 5.41) is 15.2. The number of aromatic nitrogens is 1. The lowest BCUT2D eigenvalue weighted by molar-refractivity contribution is -0.118. The van der Waals surface area contributed by atoms with E-state index in [4.69, 9.17) is 0 Å². The molecule has 0 aliphatic rings. The monoisotopic (exact) mass is 290 g/mol. The van der Waals surface area contributed by atoms with E-state index < -0.39 is 6.10 Å². The highest BCUT2D eigenvalue weighted by Gasteiger charge is 2.14. The molecular formula is C15H18N2O2S. The van der Waals surface area contributed by atoms with Crippen LogP contribution in [0.3, 0.4) is 0 Å². The zero-order valence-electron chi connectivity index (χ0n) is 11.5. The molecule has 2 aromatic rings. The van der Waals surface area contributed by atoms with Crippen molar-refractivity contribution in [3.05, 3.63) is 47.0 Å². The van der Waals surface area contributed by atoms with E-state index in [0.29, 0.717) is 11.0 Å². The third kappa shape index (κ3) is 3.88. The number of aliphatic hydroxyl groups excluding tert-OH is 1. The van der Waals surface area contributed by atoms with Crippen molar-refractivity contribution in [2.45, 2.75) is 32.3 Å². The summed E-state index contributed by atoms with van der Waals surface area (Å²) in [4.78, 5) is 16.2. The van der Waals surface area contributed by atoms with Crippen molar-refractivity contribution in [2.75, 3.05) is 5.32 Å². The fourth-order valence-electron chi connectivity index (χ4n) is 1.75. The van der Waals surface area contributed by atoms with Crippen LogP contribution in [0.25, 0.3) is 0 Å². The van der Waals surface area contributed by atoms with Crippen molar-refractivity contribution < 1.29 is 9.90 Å². The highest BCUT2D eigenvalue weighted by molar-refractivity contribution is 7.13. The van der Waals surface area contributed by atoms with Crippen molar-refractivity contribution in [3.63, 3.8) is 0 Å². The summed E-state index contributed by atoms with van der Waals surface area (Å²) in [6.45, 7) is 4.11. The Balaban J connectivity index is 1.92. The van der Waals surface area contributed by atoms with Crippen LogP contribution in [0.15, 0.2) is 35.7 Å². The number of nitrogens with zero attached hydrogens (tertiary/aromatic N) is 1. The number of rotatable bonds is 5. The molecule has 1 unspecified atom stereocenters. The van der Waals surface area contributed by atoms with E-state index >= 15 is 0 Å². The minimum absolute atomic E-state index is 0.0284. The highest BCUT2D eigenvalue weighted by atomic mass is 32.1. The van der Waals surface area contributed by atoms with Crippen LogP contribution in [0.1, 0.15) is 43.5 Å². The van der Waals surface area contributed by atoms with Gasteiger partial charge in [-0.2, -0.15) is 0 Å². The highest BCUT2D eigenvalue weighted by Crippen LogP contribution is 2.22. The molecule has 1 amide bonds. The Morgan fingerprint density at radius 1 is 1.35 bits per heavy atom. The normalized spacial score (nSPS) is 12.4. The Labute approximate surface area is 122 Å². The van der Waals surface area contributed by atoms with Gasteiger partial charge in [0.15, 0.2) is 5.13 Å². The van der Waals surface area contributed by atoms with Gasteiger partial charge in [-0.25, -0.2) is 4.98 Å². The average molecular weight is 290 g/mol. The van der Waals surface area contributed by atoms with E-state index in [0.717, 1.165) is 11.3 Å². The Kier molecular flexibility index (Phi) is 4.87. The first-order valence-corrected chi connectivity index (χ1v) is 7.42. The Morgan fingerprint density at radius 2 is 2.05 bits per heavy atom. The zero-order valence-corrected chi connectivity index (χ0v) is 12.4. The average Bonchev–Trinajstić information content (AvgIpc) is 2.88. The molecule has 1 aromatic heterocycles. The first-order valence-electron chi connectivity index (χ1n) is 6.54. The summed E-state index contributed by atoms with van der Waals surface area (Å²) in [5.41, 5.74) is 1.71. The predicted molar refractivity (Wildman–Crippen MR) is 80.9 cm³/mol. The number of benzene rings is 1. The van der Waals surface area contributed by atoms with Gasteiger partial charge in [0.2, 0.25) is 5.91 Å². The standard InChI is InChI=1S/C15H18N2O2S/c1-10(2)12-9-20-15(16-12)17-14(19)8-13(18)11-6-4-3-5-7-11/h3-7,9-10,13,18H,8H2,1-2H3,(H,16,17,19). The van der Waals surface area contributed by atoms with Gasteiger partial charge in [-0.3, -0.25) is 4.79 Å². The van der Waals surface area contributed by atoms with E-state index in [1.807, 2.05) is 23.6 Å². The smallest absolute Gasteiger partial charge is 0.229 e. The maximum Gasteiger partial charge on any atom is 0.229 e. The molecule has 1 aromatic carbocycles. The van der Waals surface area contributed by atoms with Crippen molar-refractivity contribution >= 4 is 22.4 Å². The van der Waals surface area contributed by atoms with Crippen LogP contribution in [0.2, 0.25) is 0 Å². The molecule has 1 atom stereocenters. The van der Waals surface area contributed by atoms with E-state index in [1.54, 1.807) is 12.1 Å². The number of thiazole rings is 1. The van der Waals surface area contributed by atoms with Gasteiger partial charge >= 0.3 is 0 Å². The van der Waals surface area contributed by atoms with Gasteiger partial charge in [0.25, 0.3) is 0 Å². The number of hydrogen-bond acceptors (Lipinski definition) is 4. The molecule has 0 fully saturated rings. The second-order valence-corrected chi connectivity index (χ2v) is 5.77. The van der Waals surface area contributed by atoms with Crippen LogP contribution in [-0.2, 0) is 4.79 Å². The summed E-state index contributed by atoms with van der Waals surface area (Å²) in [7, 11) is 0. The van der Waals surface area contributed by atoms with Crippen LogP contribution < -0.4 is 5.32 Å². The van der Waals surface area contributed by atoms with Gasteiger partial charge in [-0.05, 0) is 11.5 Å². The van der Waals surface area contributed by atoms with Crippen LogP contribution in [0.4, 0.5) is 5.13 Å². The van der Waals surface area contributed by atoms with Crippen LogP contribution in [0, 0.1) is 0 Å². The number of amides is 1. The van der Waals surface area contributed by atoms with Crippen molar-refractivity contribution in [2.24, 2.45) is 0 Å². The first-order chi connectivity index (χ1) is 9.56. The van der Waals surface area contributed by atoms with Crippen molar-refractivity contribution in [1.82, 2.24) is 4.98 Å². The van der Waals surface area contributed by atoms with Gasteiger partial charge in [0.1, 0.15) is 0 Å². The lowest BCUT2D eigenvalue weighted by Crippen LogP contribution is -2.15. The van der Waals surface area contributed by atoms with Crippen molar-refractivity contribution in [1.29, 1.82) is 0 Å². The maximum atomic E-state index is 11.9. The van der Waals surface area contributed by atoms with Gasteiger partial charge in [-0.15, -0.1) is 11.3 Å².